The minimum absolute atomic E-state index is 0.170. The Balaban J connectivity index is 1.98. The largest absolute Gasteiger partial charge is 0.394 e. The van der Waals surface area contributed by atoms with Gasteiger partial charge in [0.25, 0.3) is 17.8 Å². The first-order valence-corrected chi connectivity index (χ1v) is 7.33. The lowest BCUT2D eigenvalue weighted by atomic mass is 10.1. The summed E-state index contributed by atoms with van der Waals surface area (Å²) in [6.07, 6.45) is 0. The standard InChI is InChI=1S/C14H13Cl2N4O2/c1-18-11-10(12(21)19(2)14(18)22)20(13(16)17-11)7-8-5-3-4-6-9(8)15/h3-6,10H,7H2,1-2H3/q+1. The van der Waals surface area contributed by atoms with Gasteiger partial charge in [-0.25, -0.2) is 9.37 Å². The third-order valence-electron chi connectivity index (χ3n) is 3.78. The SMILES string of the molecule is CN1C(=O)C2C(=NC(Cl)=[N+]2Cc2ccccc2Cl)N(C)C1=O. The van der Waals surface area contributed by atoms with Crippen LogP contribution in [0.25, 0.3) is 0 Å². The van der Waals surface area contributed by atoms with Gasteiger partial charge in [-0.15, -0.1) is 0 Å². The van der Waals surface area contributed by atoms with Crippen LogP contribution in [0.5, 0.6) is 0 Å². The fourth-order valence-corrected chi connectivity index (χ4v) is 2.97. The van der Waals surface area contributed by atoms with Crippen LogP contribution in [0.3, 0.4) is 0 Å². The number of fused-ring (bicyclic) bond motifs is 1. The van der Waals surface area contributed by atoms with E-state index in [2.05, 4.69) is 4.99 Å². The summed E-state index contributed by atoms with van der Waals surface area (Å²) in [6, 6.07) is 6.18. The number of amides is 3. The van der Waals surface area contributed by atoms with Crippen LogP contribution in [-0.2, 0) is 11.3 Å². The predicted octanol–water partition coefficient (Wildman–Crippen LogP) is 1.75. The third-order valence-corrected chi connectivity index (χ3v) is 4.45. The highest BCUT2D eigenvalue weighted by Crippen LogP contribution is 2.23. The molecule has 1 fully saturated rings. The van der Waals surface area contributed by atoms with Crippen LogP contribution >= 0.6 is 23.2 Å². The van der Waals surface area contributed by atoms with Gasteiger partial charge in [0.15, 0.2) is 0 Å². The number of aliphatic imine (C=N–C) groups is 1. The summed E-state index contributed by atoms with van der Waals surface area (Å²) in [7, 11) is 3.01. The van der Waals surface area contributed by atoms with Crippen molar-refractivity contribution in [1.29, 1.82) is 0 Å². The second-order valence-corrected chi connectivity index (χ2v) is 5.84. The molecule has 0 N–H and O–H groups in total. The fourth-order valence-electron chi connectivity index (χ4n) is 2.54. The number of hydrogen-bond acceptors (Lipinski definition) is 3. The van der Waals surface area contributed by atoms with Gasteiger partial charge in [-0.2, -0.15) is 0 Å². The highest BCUT2D eigenvalue weighted by Gasteiger charge is 2.52. The van der Waals surface area contributed by atoms with E-state index in [1.807, 2.05) is 18.2 Å². The zero-order valence-corrected chi connectivity index (χ0v) is 13.5. The molecule has 0 spiro atoms. The number of benzene rings is 1. The molecular weight excluding hydrogens is 327 g/mol. The van der Waals surface area contributed by atoms with Gasteiger partial charge in [-0.05, 0) is 11.1 Å². The van der Waals surface area contributed by atoms with E-state index in [0.717, 1.165) is 10.5 Å². The van der Waals surface area contributed by atoms with Gasteiger partial charge in [0.2, 0.25) is 0 Å². The van der Waals surface area contributed by atoms with Crippen molar-refractivity contribution in [2.75, 3.05) is 14.1 Å². The quantitative estimate of drug-likeness (QED) is 0.608. The number of hydrogen-bond donors (Lipinski definition) is 0. The zero-order chi connectivity index (χ0) is 16.0. The summed E-state index contributed by atoms with van der Waals surface area (Å²) in [4.78, 5) is 31.0. The zero-order valence-electron chi connectivity index (χ0n) is 12.0. The number of carbonyl (C=O) groups is 2. The number of nitrogens with zero attached hydrogens (tertiary/aromatic N) is 4. The molecule has 1 aromatic rings. The molecule has 3 amide bonds. The maximum Gasteiger partial charge on any atom is 0.394 e. The van der Waals surface area contributed by atoms with Crippen LogP contribution in [-0.4, -0.2) is 57.6 Å². The van der Waals surface area contributed by atoms with E-state index in [9.17, 15) is 9.59 Å². The Morgan fingerprint density at radius 1 is 1.18 bits per heavy atom. The molecule has 0 radical (unpaired) electrons. The summed E-state index contributed by atoms with van der Waals surface area (Å²) < 4.78 is 1.64. The summed E-state index contributed by atoms with van der Waals surface area (Å²) in [6.45, 7) is 0.331. The van der Waals surface area contributed by atoms with Gasteiger partial charge in [-0.1, -0.05) is 29.8 Å². The average Bonchev–Trinajstić information content (AvgIpc) is 2.82. The number of imide groups is 1. The van der Waals surface area contributed by atoms with Crippen molar-refractivity contribution in [3.63, 3.8) is 0 Å². The van der Waals surface area contributed by atoms with Gasteiger partial charge < -0.3 is 0 Å². The second-order valence-electron chi connectivity index (χ2n) is 5.10. The number of urea groups is 1. The monoisotopic (exact) mass is 339 g/mol. The van der Waals surface area contributed by atoms with Crippen molar-refractivity contribution in [3.05, 3.63) is 34.9 Å². The first kappa shape index (κ1) is 15.0. The normalized spacial score (nSPS) is 21.5. The first-order valence-electron chi connectivity index (χ1n) is 6.58. The minimum atomic E-state index is -0.712. The molecule has 1 saturated heterocycles. The van der Waals surface area contributed by atoms with Gasteiger partial charge in [0.05, 0.1) is 0 Å². The molecule has 0 saturated carbocycles. The van der Waals surface area contributed by atoms with Crippen LogP contribution in [0, 0.1) is 0 Å². The average molecular weight is 340 g/mol. The van der Waals surface area contributed by atoms with Crippen LogP contribution < -0.4 is 0 Å². The summed E-state index contributed by atoms with van der Waals surface area (Å²) >= 11 is 12.4. The molecule has 0 aliphatic carbocycles. The van der Waals surface area contributed by atoms with Crippen molar-refractivity contribution < 1.29 is 14.2 Å². The number of carbonyl (C=O) groups excluding carboxylic acids is 2. The molecule has 2 aliphatic heterocycles. The molecule has 8 heteroatoms. The Morgan fingerprint density at radius 2 is 1.86 bits per heavy atom. The van der Waals surface area contributed by atoms with Gasteiger partial charge in [0, 0.05) is 36.3 Å². The molecule has 22 heavy (non-hydrogen) atoms. The molecule has 1 aromatic carbocycles. The highest BCUT2D eigenvalue weighted by atomic mass is 35.5. The lowest BCUT2D eigenvalue weighted by Gasteiger charge is -2.30. The lowest BCUT2D eigenvalue weighted by molar-refractivity contribution is -0.549. The molecule has 2 heterocycles. The fraction of sp³-hybridized carbons (Fsp3) is 0.286. The first-order chi connectivity index (χ1) is 10.4. The molecule has 2 aliphatic rings. The number of halogens is 2. The van der Waals surface area contributed by atoms with Crippen molar-refractivity contribution in [2.24, 2.45) is 4.99 Å². The molecule has 6 nitrogen and oxygen atoms in total. The smallest absolute Gasteiger partial charge is 0.269 e. The molecule has 1 atom stereocenters. The van der Waals surface area contributed by atoms with Crippen molar-refractivity contribution in [2.45, 2.75) is 12.6 Å². The van der Waals surface area contributed by atoms with Gasteiger partial charge in [0.1, 0.15) is 6.54 Å². The van der Waals surface area contributed by atoms with Crippen LogP contribution in [0.4, 0.5) is 4.79 Å². The minimum Gasteiger partial charge on any atom is -0.269 e. The van der Waals surface area contributed by atoms with Gasteiger partial charge >= 0.3 is 11.3 Å². The molecular formula is C14H13Cl2N4O2+. The lowest BCUT2D eigenvalue weighted by Crippen LogP contribution is -2.61. The Morgan fingerprint density at radius 3 is 2.55 bits per heavy atom. The van der Waals surface area contributed by atoms with E-state index in [4.69, 9.17) is 23.2 Å². The van der Waals surface area contributed by atoms with Crippen LogP contribution in [0.1, 0.15) is 5.56 Å². The molecule has 0 bridgehead atoms. The topological polar surface area (TPSA) is 56.0 Å². The van der Waals surface area contributed by atoms with E-state index in [1.54, 1.807) is 17.7 Å². The Hall–Kier alpha value is -1.92. The Bertz CT molecular complexity index is 744. The summed E-state index contributed by atoms with van der Waals surface area (Å²) in [5.74, 6) is -0.0188. The molecule has 1 unspecified atom stereocenters. The summed E-state index contributed by atoms with van der Waals surface area (Å²) in [5.41, 5.74) is 0.828. The number of rotatable bonds is 2. The maximum atomic E-state index is 12.4. The maximum absolute atomic E-state index is 12.4. The van der Waals surface area contributed by atoms with Gasteiger partial charge in [-0.3, -0.25) is 14.6 Å². The van der Waals surface area contributed by atoms with Crippen molar-refractivity contribution in [1.82, 2.24) is 9.80 Å². The molecule has 0 aromatic heterocycles. The second kappa shape index (κ2) is 5.37. The van der Waals surface area contributed by atoms with E-state index >= 15 is 0 Å². The predicted molar refractivity (Wildman–Crippen MR) is 83.4 cm³/mol. The Labute approximate surface area is 137 Å². The van der Waals surface area contributed by atoms with E-state index in [0.29, 0.717) is 17.4 Å². The molecule has 3 rings (SSSR count). The number of likely N-dealkylation sites (N-methyl/N-ethyl adjacent to an activating group) is 2. The summed E-state index contributed by atoms with van der Waals surface area (Å²) in [5, 5.41) is 0.754. The highest BCUT2D eigenvalue weighted by molar-refractivity contribution is 6.65. The van der Waals surface area contributed by atoms with E-state index in [-0.39, 0.29) is 11.2 Å². The Kier molecular flexibility index (Phi) is 3.66. The molecule has 114 valence electrons. The van der Waals surface area contributed by atoms with Crippen molar-refractivity contribution >= 4 is 46.3 Å². The third kappa shape index (κ3) is 2.19. The van der Waals surface area contributed by atoms with Crippen LogP contribution in [0.15, 0.2) is 29.3 Å². The number of amidine groups is 2. The van der Waals surface area contributed by atoms with E-state index < -0.39 is 12.1 Å². The van der Waals surface area contributed by atoms with E-state index in [1.165, 1.54) is 11.9 Å². The van der Waals surface area contributed by atoms with Crippen molar-refractivity contribution in [3.8, 4) is 0 Å². The van der Waals surface area contributed by atoms with Crippen LogP contribution in [0.2, 0.25) is 5.02 Å².